The molecule has 1 atom stereocenters. The summed E-state index contributed by atoms with van der Waals surface area (Å²) in [6.07, 6.45) is 4.55. The van der Waals surface area contributed by atoms with Crippen LogP contribution in [0.4, 0.5) is 20.2 Å². The summed E-state index contributed by atoms with van der Waals surface area (Å²) in [6.45, 7) is 2.89. The third-order valence-electron chi connectivity index (χ3n) is 6.70. The van der Waals surface area contributed by atoms with E-state index in [2.05, 4.69) is 24.9 Å². The molecular weight excluding hydrogens is 545 g/mol. The topological polar surface area (TPSA) is 69.8 Å². The second kappa shape index (κ2) is 11.8. The van der Waals surface area contributed by atoms with Gasteiger partial charge in [0, 0.05) is 56.3 Å². The van der Waals surface area contributed by atoms with Crippen LogP contribution in [0.5, 0.6) is 0 Å². The van der Waals surface area contributed by atoms with Gasteiger partial charge in [0.2, 0.25) is 0 Å². The van der Waals surface area contributed by atoms with Crippen molar-refractivity contribution in [2.45, 2.75) is 12.1 Å². The van der Waals surface area contributed by atoms with E-state index >= 15 is 0 Å². The number of aliphatic imine (C=N–C) groups is 1. The van der Waals surface area contributed by atoms with E-state index < -0.39 is 17.2 Å². The Morgan fingerprint density at radius 2 is 1.69 bits per heavy atom. The minimum atomic E-state index is -1.62. The van der Waals surface area contributed by atoms with Gasteiger partial charge in [-0.3, -0.25) is 9.89 Å². The summed E-state index contributed by atoms with van der Waals surface area (Å²) in [4.78, 5) is 12.7. The lowest BCUT2D eigenvalue weighted by atomic mass is 9.92. The molecule has 1 aromatic heterocycles. The first-order chi connectivity index (χ1) is 18.8. The van der Waals surface area contributed by atoms with Crippen molar-refractivity contribution in [3.05, 3.63) is 106 Å². The van der Waals surface area contributed by atoms with E-state index in [0.29, 0.717) is 23.1 Å². The summed E-state index contributed by atoms with van der Waals surface area (Å²) in [5.74, 6) is -1.49. The average molecular weight is 571 g/mol. The van der Waals surface area contributed by atoms with Crippen molar-refractivity contribution in [2.75, 3.05) is 37.6 Å². The van der Waals surface area contributed by atoms with Crippen molar-refractivity contribution in [1.29, 1.82) is 0 Å². The van der Waals surface area contributed by atoms with Gasteiger partial charge in [-0.15, -0.1) is 0 Å². The molecule has 1 aliphatic heterocycles. The molecular formula is C28H26Cl2F2N6O. The molecule has 1 N–H and O–H groups in total. The number of rotatable bonds is 8. The van der Waals surface area contributed by atoms with Gasteiger partial charge in [0.25, 0.3) is 0 Å². The number of halogens is 4. The maximum atomic E-state index is 14.7. The SMILES string of the molecule is OC(CN1CCN(c2ccc(N=Cc3ccc(Cl)c(Cl)c3)cc2)CC1)(Cn1cncn1)c1ccc(F)cc1F. The van der Waals surface area contributed by atoms with Crippen molar-refractivity contribution in [1.82, 2.24) is 19.7 Å². The maximum Gasteiger partial charge on any atom is 0.137 e. The van der Waals surface area contributed by atoms with E-state index in [4.69, 9.17) is 23.2 Å². The van der Waals surface area contributed by atoms with Gasteiger partial charge in [0.05, 0.1) is 22.3 Å². The number of β-amino-alcohol motifs (C(OH)–C–C–N with tert-alkyl or cyclic N) is 1. The molecule has 202 valence electrons. The Labute approximate surface area is 234 Å². The summed E-state index contributed by atoms with van der Waals surface area (Å²) < 4.78 is 29.8. The van der Waals surface area contributed by atoms with E-state index in [0.717, 1.165) is 42.2 Å². The minimum absolute atomic E-state index is 0.0139. The third kappa shape index (κ3) is 6.62. The first-order valence-corrected chi connectivity index (χ1v) is 13.1. The Hall–Kier alpha value is -3.37. The van der Waals surface area contributed by atoms with Crippen LogP contribution in [0.15, 0.2) is 78.3 Å². The van der Waals surface area contributed by atoms with Gasteiger partial charge in [0.15, 0.2) is 0 Å². The van der Waals surface area contributed by atoms with Gasteiger partial charge in [-0.1, -0.05) is 35.3 Å². The third-order valence-corrected chi connectivity index (χ3v) is 7.44. The van der Waals surface area contributed by atoms with Crippen LogP contribution >= 0.6 is 23.2 Å². The molecule has 1 fully saturated rings. The van der Waals surface area contributed by atoms with Crippen LogP contribution in [0, 0.1) is 11.6 Å². The molecule has 11 heteroatoms. The number of benzene rings is 3. The summed E-state index contributed by atoms with van der Waals surface area (Å²) >= 11 is 12.0. The number of piperazine rings is 1. The van der Waals surface area contributed by atoms with Crippen molar-refractivity contribution in [3.8, 4) is 0 Å². The van der Waals surface area contributed by atoms with E-state index in [-0.39, 0.29) is 18.7 Å². The van der Waals surface area contributed by atoms with Crippen LogP contribution < -0.4 is 4.90 Å². The molecule has 0 bridgehead atoms. The number of aliphatic hydroxyl groups is 1. The highest BCUT2D eigenvalue weighted by Gasteiger charge is 2.36. The van der Waals surface area contributed by atoms with Crippen LogP contribution in [0.25, 0.3) is 0 Å². The van der Waals surface area contributed by atoms with E-state index in [9.17, 15) is 13.9 Å². The minimum Gasteiger partial charge on any atom is -0.382 e. The first-order valence-electron chi connectivity index (χ1n) is 12.4. The molecule has 4 aromatic rings. The van der Waals surface area contributed by atoms with E-state index in [1.807, 2.05) is 30.3 Å². The van der Waals surface area contributed by atoms with Gasteiger partial charge in [-0.2, -0.15) is 5.10 Å². The van der Waals surface area contributed by atoms with Crippen LogP contribution in [-0.2, 0) is 12.1 Å². The fourth-order valence-corrected chi connectivity index (χ4v) is 5.00. The van der Waals surface area contributed by atoms with Gasteiger partial charge in [-0.05, 0) is 48.0 Å². The Morgan fingerprint density at radius 3 is 2.36 bits per heavy atom. The molecule has 1 saturated heterocycles. The first kappa shape index (κ1) is 27.2. The molecule has 0 spiro atoms. The molecule has 3 aromatic carbocycles. The fraction of sp³-hybridized carbons (Fsp3) is 0.250. The van der Waals surface area contributed by atoms with Gasteiger partial charge in [-0.25, -0.2) is 18.4 Å². The van der Waals surface area contributed by atoms with E-state index in [1.165, 1.54) is 23.4 Å². The highest BCUT2D eigenvalue weighted by Crippen LogP contribution is 2.29. The predicted octanol–water partition coefficient (Wildman–Crippen LogP) is 5.32. The van der Waals surface area contributed by atoms with Crippen molar-refractivity contribution in [2.24, 2.45) is 4.99 Å². The molecule has 7 nitrogen and oxygen atoms in total. The van der Waals surface area contributed by atoms with Gasteiger partial charge < -0.3 is 10.0 Å². The highest BCUT2D eigenvalue weighted by atomic mass is 35.5. The molecule has 0 aliphatic carbocycles. The fourth-order valence-electron chi connectivity index (χ4n) is 4.69. The molecule has 2 heterocycles. The van der Waals surface area contributed by atoms with Crippen molar-refractivity contribution < 1.29 is 13.9 Å². The Bertz CT molecular complexity index is 1440. The highest BCUT2D eigenvalue weighted by molar-refractivity contribution is 6.42. The maximum absolute atomic E-state index is 14.7. The number of hydrogen-bond acceptors (Lipinski definition) is 6. The van der Waals surface area contributed by atoms with E-state index in [1.54, 1.807) is 18.3 Å². The largest absolute Gasteiger partial charge is 0.382 e. The lowest BCUT2D eigenvalue weighted by Crippen LogP contribution is -2.52. The average Bonchev–Trinajstić information content (AvgIpc) is 3.42. The smallest absolute Gasteiger partial charge is 0.137 e. The molecule has 39 heavy (non-hydrogen) atoms. The Morgan fingerprint density at radius 1 is 0.923 bits per heavy atom. The summed E-state index contributed by atoms with van der Waals surface area (Å²) in [5, 5.41) is 16.7. The predicted molar refractivity (Wildman–Crippen MR) is 149 cm³/mol. The monoisotopic (exact) mass is 570 g/mol. The second-order valence-corrected chi connectivity index (χ2v) is 10.3. The number of aromatic nitrogens is 3. The zero-order valence-electron chi connectivity index (χ0n) is 20.9. The summed E-state index contributed by atoms with van der Waals surface area (Å²) in [7, 11) is 0. The zero-order chi connectivity index (χ0) is 27.4. The van der Waals surface area contributed by atoms with Crippen molar-refractivity contribution in [3.63, 3.8) is 0 Å². The Kier molecular flexibility index (Phi) is 8.23. The van der Waals surface area contributed by atoms with Crippen molar-refractivity contribution >= 4 is 40.8 Å². The van der Waals surface area contributed by atoms with Crippen LogP contribution in [0.1, 0.15) is 11.1 Å². The van der Waals surface area contributed by atoms with Crippen LogP contribution in [0.3, 0.4) is 0 Å². The molecule has 0 amide bonds. The molecule has 0 radical (unpaired) electrons. The Balaban J connectivity index is 1.22. The number of nitrogens with zero attached hydrogens (tertiary/aromatic N) is 6. The number of anilines is 1. The molecule has 1 aliphatic rings. The van der Waals surface area contributed by atoms with Gasteiger partial charge in [0.1, 0.15) is 29.9 Å². The standard InChI is InChI=1S/C28H26Cl2F2N6O/c29-25-8-1-20(13-26(25)30)15-34-22-3-5-23(6-4-22)37-11-9-36(10-12-37)16-28(39,17-38-19-33-18-35-38)24-7-2-21(31)14-27(24)32/h1-8,13-15,18-19,39H,9-12,16-17H2. The van der Waals surface area contributed by atoms with Crippen LogP contribution in [0.2, 0.25) is 10.0 Å². The molecule has 5 rings (SSSR count). The lowest BCUT2D eigenvalue weighted by Gasteiger charge is -2.40. The number of hydrogen-bond donors (Lipinski definition) is 1. The quantitative estimate of drug-likeness (QED) is 0.290. The lowest BCUT2D eigenvalue weighted by molar-refractivity contribution is -0.0227. The molecule has 0 saturated carbocycles. The van der Waals surface area contributed by atoms with Gasteiger partial charge >= 0.3 is 0 Å². The second-order valence-electron chi connectivity index (χ2n) is 9.46. The summed E-state index contributed by atoms with van der Waals surface area (Å²) in [6, 6.07) is 16.5. The molecule has 1 unspecified atom stereocenters. The zero-order valence-corrected chi connectivity index (χ0v) is 22.4. The van der Waals surface area contributed by atoms with Crippen LogP contribution in [-0.4, -0.2) is 63.7 Å². The normalized spacial score (nSPS) is 16.1. The summed E-state index contributed by atoms with van der Waals surface area (Å²) in [5.41, 5.74) is 1.13.